The van der Waals surface area contributed by atoms with Crippen molar-refractivity contribution in [2.45, 2.75) is 12.6 Å². The minimum absolute atomic E-state index is 0.314. The Morgan fingerprint density at radius 2 is 2.59 bits per heavy atom. The fraction of sp³-hybridized carbons (Fsp3) is 0.500. The summed E-state index contributed by atoms with van der Waals surface area (Å²) in [4.78, 5) is 17.0. The number of aromatic nitrogens is 1. The van der Waals surface area contributed by atoms with Crippen LogP contribution in [0.25, 0.3) is 0 Å². The van der Waals surface area contributed by atoms with Crippen LogP contribution in [-0.2, 0) is 16.1 Å². The lowest BCUT2D eigenvalue weighted by Crippen LogP contribution is -2.42. The number of hydrogen-bond donors (Lipinski definition) is 0. The van der Waals surface area contributed by atoms with Gasteiger partial charge in [0.15, 0.2) is 0 Å². The molecule has 0 spiro atoms. The van der Waals surface area contributed by atoms with Crippen molar-refractivity contribution in [2.75, 3.05) is 26.8 Å². The van der Waals surface area contributed by atoms with Crippen molar-refractivity contribution < 1.29 is 14.3 Å². The predicted molar refractivity (Wildman–Crippen MR) is 61.9 cm³/mol. The molecule has 0 N–H and O–H groups in total. The summed E-state index contributed by atoms with van der Waals surface area (Å²) in [5.74, 6) is 0.640. The molecule has 5 nitrogen and oxygen atoms in total. The molecule has 2 heterocycles. The number of nitrogens with zero attached hydrogens (tertiary/aromatic N) is 2. The van der Waals surface area contributed by atoms with Crippen LogP contribution in [0, 0.1) is 0 Å². The number of ether oxygens (including phenoxy) is 2. The molecule has 1 atom stereocenters. The molecular formula is C12H16N2O3. The molecule has 92 valence electrons. The van der Waals surface area contributed by atoms with E-state index >= 15 is 0 Å². The summed E-state index contributed by atoms with van der Waals surface area (Å²) in [6.07, 6.45) is 2.24. The van der Waals surface area contributed by atoms with E-state index in [0.29, 0.717) is 19.0 Å². The highest BCUT2D eigenvalue weighted by Gasteiger charge is 2.20. The molecule has 1 aliphatic heterocycles. The highest BCUT2D eigenvalue weighted by molar-refractivity contribution is 5.56. The zero-order valence-corrected chi connectivity index (χ0v) is 9.83. The average molecular weight is 236 g/mol. The van der Waals surface area contributed by atoms with Crippen molar-refractivity contribution in [3.05, 3.63) is 23.9 Å². The molecule has 0 saturated carbocycles. The summed E-state index contributed by atoms with van der Waals surface area (Å²) in [5, 5.41) is 0. The second kappa shape index (κ2) is 5.75. The second-order valence-electron chi connectivity index (χ2n) is 3.95. The lowest BCUT2D eigenvalue weighted by molar-refractivity contribution is -0.123. The summed E-state index contributed by atoms with van der Waals surface area (Å²) >= 11 is 0. The Balaban J connectivity index is 2.02. The minimum Gasteiger partial charge on any atom is -0.481 e. The molecular weight excluding hydrogens is 220 g/mol. The normalized spacial score (nSPS) is 21.1. The molecule has 0 amide bonds. The van der Waals surface area contributed by atoms with E-state index in [1.165, 1.54) is 0 Å². The summed E-state index contributed by atoms with van der Waals surface area (Å²) in [7, 11) is 1.61. The third-order valence-electron chi connectivity index (χ3n) is 2.77. The maximum atomic E-state index is 10.7. The molecule has 1 aromatic rings. The minimum atomic E-state index is -0.314. The van der Waals surface area contributed by atoms with E-state index in [0.717, 1.165) is 24.9 Å². The number of rotatable bonds is 4. The molecule has 0 aromatic carbocycles. The molecule has 0 radical (unpaired) electrons. The lowest BCUT2D eigenvalue weighted by atomic mass is 10.2. The molecule has 2 rings (SSSR count). The van der Waals surface area contributed by atoms with Gasteiger partial charge in [-0.1, -0.05) is 6.07 Å². The monoisotopic (exact) mass is 236 g/mol. The van der Waals surface area contributed by atoms with Crippen molar-refractivity contribution >= 4 is 6.29 Å². The van der Waals surface area contributed by atoms with E-state index in [2.05, 4.69) is 9.88 Å². The summed E-state index contributed by atoms with van der Waals surface area (Å²) in [5.41, 5.74) is 1.03. The van der Waals surface area contributed by atoms with Crippen LogP contribution in [0.3, 0.4) is 0 Å². The Bertz CT molecular complexity index is 384. The van der Waals surface area contributed by atoms with Crippen LogP contribution in [0.2, 0.25) is 0 Å². The Morgan fingerprint density at radius 3 is 3.35 bits per heavy atom. The summed E-state index contributed by atoms with van der Waals surface area (Å²) < 4.78 is 10.5. The van der Waals surface area contributed by atoms with E-state index in [9.17, 15) is 4.79 Å². The fourth-order valence-electron chi connectivity index (χ4n) is 1.93. The Morgan fingerprint density at radius 1 is 1.71 bits per heavy atom. The Labute approximate surface area is 100 Å². The van der Waals surface area contributed by atoms with Crippen LogP contribution in [0.15, 0.2) is 18.3 Å². The number of aldehydes is 1. The maximum absolute atomic E-state index is 10.7. The molecule has 1 aliphatic rings. The van der Waals surface area contributed by atoms with Gasteiger partial charge in [-0.05, 0) is 6.07 Å². The third kappa shape index (κ3) is 3.01. The Hall–Kier alpha value is -1.46. The highest BCUT2D eigenvalue weighted by Crippen LogP contribution is 2.17. The quantitative estimate of drug-likeness (QED) is 0.712. The van der Waals surface area contributed by atoms with Gasteiger partial charge in [-0.25, -0.2) is 4.98 Å². The van der Waals surface area contributed by atoms with Crippen LogP contribution in [0.1, 0.15) is 5.56 Å². The number of methoxy groups -OCH3 is 1. The molecule has 5 heteroatoms. The molecule has 17 heavy (non-hydrogen) atoms. The van der Waals surface area contributed by atoms with Crippen LogP contribution in [-0.4, -0.2) is 49.1 Å². The van der Waals surface area contributed by atoms with Gasteiger partial charge in [0.05, 0.1) is 13.7 Å². The first-order valence-corrected chi connectivity index (χ1v) is 5.60. The SMILES string of the molecule is COc1ncccc1CN1CCOC(C=O)C1. The predicted octanol–water partition coefficient (Wildman–Crippen LogP) is 0.490. The van der Waals surface area contributed by atoms with Crippen molar-refractivity contribution in [2.24, 2.45) is 0 Å². The van der Waals surface area contributed by atoms with Gasteiger partial charge in [-0.2, -0.15) is 0 Å². The first-order valence-electron chi connectivity index (χ1n) is 5.60. The molecule has 1 aromatic heterocycles. The molecule has 1 saturated heterocycles. The summed E-state index contributed by atoms with van der Waals surface area (Å²) in [6, 6.07) is 3.87. The van der Waals surface area contributed by atoms with Gasteiger partial charge >= 0.3 is 0 Å². The Kier molecular flexibility index (Phi) is 4.06. The van der Waals surface area contributed by atoms with Gasteiger partial charge in [0.2, 0.25) is 5.88 Å². The molecule has 1 fully saturated rings. The van der Waals surface area contributed by atoms with Crippen molar-refractivity contribution in [3.8, 4) is 5.88 Å². The number of pyridine rings is 1. The second-order valence-corrected chi connectivity index (χ2v) is 3.95. The van der Waals surface area contributed by atoms with Crippen LogP contribution in [0.4, 0.5) is 0 Å². The first-order chi connectivity index (χ1) is 8.33. The van der Waals surface area contributed by atoms with Crippen molar-refractivity contribution in [1.82, 2.24) is 9.88 Å². The largest absolute Gasteiger partial charge is 0.481 e. The van der Waals surface area contributed by atoms with Gasteiger partial charge in [0.1, 0.15) is 12.4 Å². The summed E-state index contributed by atoms with van der Waals surface area (Å²) in [6.45, 7) is 2.76. The van der Waals surface area contributed by atoms with Crippen LogP contribution < -0.4 is 4.74 Å². The number of hydrogen-bond acceptors (Lipinski definition) is 5. The van der Waals surface area contributed by atoms with E-state index < -0.39 is 0 Å². The smallest absolute Gasteiger partial charge is 0.217 e. The maximum Gasteiger partial charge on any atom is 0.217 e. The van der Waals surface area contributed by atoms with Gasteiger partial charge in [-0.3, -0.25) is 4.90 Å². The third-order valence-corrected chi connectivity index (χ3v) is 2.77. The van der Waals surface area contributed by atoms with Gasteiger partial charge < -0.3 is 14.3 Å². The zero-order valence-electron chi connectivity index (χ0n) is 9.83. The van der Waals surface area contributed by atoms with E-state index in [1.54, 1.807) is 13.3 Å². The van der Waals surface area contributed by atoms with Crippen molar-refractivity contribution in [3.63, 3.8) is 0 Å². The van der Waals surface area contributed by atoms with E-state index in [1.807, 2.05) is 12.1 Å². The van der Waals surface area contributed by atoms with Gasteiger partial charge in [-0.15, -0.1) is 0 Å². The lowest BCUT2D eigenvalue weighted by Gasteiger charge is -2.30. The average Bonchev–Trinajstić information content (AvgIpc) is 2.39. The fourth-order valence-corrected chi connectivity index (χ4v) is 1.93. The standard InChI is InChI=1S/C12H16N2O3/c1-16-12-10(3-2-4-13-12)7-14-5-6-17-11(8-14)9-15/h2-4,9,11H,5-8H2,1H3. The first kappa shape index (κ1) is 12.0. The van der Waals surface area contributed by atoms with E-state index in [-0.39, 0.29) is 6.10 Å². The molecule has 0 bridgehead atoms. The van der Waals surface area contributed by atoms with Gasteiger partial charge in [0, 0.05) is 31.4 Å². The topological polar surface area (TPSA) is 51.7 Å². The highest BCUT2D eigenvalue weighted by atomic mass is 16.5. The van der Waals surface area contributed by atoms with Crippen LogP contribution in [0.5, 0.6) is 5.88 Å². The molecule has 0 aliphatic carbocycles. The zero-order chi connectivity index (χ0) is 12.1. The van der Waals surface area contributed by atoms with Crippen molar-refractivity contribution in [1.29, 1.82) is 0 Å². The van der Waals surface area contributed by atoms with Gasteiger partial charge in [0.25, 0.3) is 0 Å². The van der Waals surface area contributed by atoms with E-state index in [4.69, 9.17) is 9.47 Å². The number of carbonyl (C=O) groups is 1. The number of carbonyl (C=O) groups excluding carboxylic acids is 1. The number of morpholine rings is 1. The molecule has 1 unspecified atom stereocenters. The van der Waals surface area contributed by atoms with Crippen LogP contribution >= 0.6 is 0 Å².